The maximum atomic E-state index is 12.3. The van der Waals surface area contributed by atoms with Crippen LogP contribution in [0.3, 0.4) is 0 Å². The predicted octanol–water partition coefficient (Wildman–Crippen LogP) is 2.17. The fourth-order valence-corrected chi connectivity index (χ4v) is 2.42. The van der Waals surface area contributed by atoms with Gasteiger partial charge in [-0.05, 0) is 12.5 Å². The lowest BCUT2D eigenvalue weighted by Crippen LogP contribution is -2.15. The van der Waals surface area contributed by atoms with Gasteiger partial charge in [-0.15, -0.1) is 0 Å². The number of nitrogens with zero attached hydrogens (tertiary/aromatic N) is 2. The third kappa shape index (κ3) is 2.38. The summed E-state index contributed by atoms with van der Waals surface area (Å²) in [7, 11) is 3.06. The van der Waals surface area contributed by atoms with E-state index in [1.54, 1.807) is 19.2 Å². The van der Waals surface area contributed by atoms with Gasteiger partial charge in [0.15, 0.2) is 23.4 Å². The molecule has 1 aromatic carbocycles. The van der Waals surface area contributed by atoms with Crippen LogP contribution in [-0.2, 0) is 4.84 Å². The van der Waals surface area contributed by atoms with Crippen molar-refractivity contribution in [1.29, 1.82) is 0 Å². The van der Waals surface area contributed by atoms with Crippen LogP contribution < -0.4 is 15.0 Å². The highest BCUT2D eigenvalue weighted by atomic mass is 16.6. The molecule has 0 radical (unpaired) electrons. The molecule has 7 heteroatoms. The summed E-state index contributed by atoms with van der Waals surface area (Å²) in [6.45, 7) is 2.01. The number of rotatable bonds is 4. The number of hydrogen-bond acceptors (Lipinski definition) is 6. The molecular weight excluding hydrogens is 286 g/mol. The van der Waals surface area contributed by atoms with Gasteiger partial charge in [0.2, 0.25) is 0 Å². The van der Waals surface area contributed by atoms with Crippen LogP contribution in [0.5, 0.6) is 11.5 Å². The number of aromatic amines is 1. The van der Waals surface area contributed by atoms with Crippen LogP contribution in [0.4, 0.5) is 0 Å². The summed E-state index contributed by atoms with van der Waals surface area (Å²) in [6.07, 6.45) is 1.11. The van der Waals surface area contributed by atoms with Crippen LogP contribution in [0, 0.1) is 0 Å². The van der Waals surface area contributed by atoms with Gasteiger partial charge in [-0.25, -0.2) is 4.98 Å². The maximum absolute atomic E-state index is 12.3. The van der Waals surface area contributed by atoms with E-state index >= 15 is 0 Å². The summed E-state index contributed by atoms with van der Waals surface area (Å²) in [6, 6.07) is 3.30. The van der Waals surface area contributed by atoms with Gasteiger partial charge in [0, 0.05) is 12.5 Å². The van der Waals surface area contributed by atoms with Crippen molar-refractivity contribution in [2.45, 2.75) is 25.9 Å². The van der Waals surface area contributed by atoms with Crippen molar-refractivity contribution in [3.8, 4) is 11.5 Å². The van der Waals surface area contributed by atoms with Gasteiger partial charge >= 0.3 is 0 Å². The molecule has 1 atom stereocenters. The van der Waals surface area contributed by atoms with Gasteiger partial charge in [0.25, 0.3) is 5.56 Å². The summed E-state index contributed by atoms with van der Waals surface area (Å²) in [5.41, 5.74) is 1.25. The first-order valence-electron chi connectivity index (χ1n) is 7.03. The molecule has 116 valence electrons. The molecule has 7 nitrogen and oxygen atoms in total. The topological polar surface area (TPSA) is 85.8 Å². The van der Waals surface area contributed by atoms with Gasteiger partial charge in [-0.2, -0.15) is 0 Å². The van der Waals surface area contributed by atoms with Gasteiger partial charge in [-0.3, -0.25) is 4.79 Å². The van der Waals surface area contributed by atoms with Crippen LogP contribution in [-0.4, -0.2) is 29.9 Å². The minimum atomic E-state index is -0.347. The Morgan fingerprint density at radius 3 is 2.68 bits per heavy atom. The number of benzene rings is 1. The van der Waals surface area contributed by atoms with Crippen molar-refractivity contribution in [2.75, 3.05) is 14.2 Å². The molecule has 1 aromatic heterocycles. The summed E-state index contributed by atoms with van der Waals surface area (Å²) in [5.74, 6) is 1.48. The Bertz CT molecular complexity index is 797. The van der Waals surface area contributed by atoms with E-state index in [9.17, 15) is 4.79 Å². The average molecular weight is 303 g/mol. The largest absolute Gasteiger partial charge is 0.493 e. The van der Waals surface area contributed by atoms with Crippen molar-refractivity contribution < 1.29 is 14.3 Å². The molecule has 1 aliphatic heterocycles. The highest BCUT2D eigenvalue weighted by Gasteiger charge is 2.25. The van der Waals surface area contributed by atoms with Gasteiger partial charge in [0.05, 0.1) is 30.8 Å². The highest BCUT2D eigenvalue weighted by molar-refractivity contribution is 5.85. The zero-order valence-corrected chi connectivity index (χ0v) is 12.7. The number of hydrogen-bond donors (Lipinski definition) is 1. The van der Waals surface area contributed by atoms with Crippen LogP contribution in [0.25, 0.3) is 10.9 Å². The zero-order chi connectivity index (χ0) is 15.7. The lowest BCUT2D eigenvalue weighted by atomic mass is 10.1. The van der Waals surface area contributed by atoms with E-state index in [2.05, 4.69) is 15.1 Å². The Morgan fingerprint density at radius 2 is 2.05 bits per heavy atom. The summed E-state index contributed by atoms with van der Waals surface area (Å²) in [5, 5.41) is 4.43. The van der Waals surface area contributed by atoms with Crippen molar-refractivity contribution in [1.82, 2.24) is 9.97 Å². The monoisotopic (exact) mass is 303 g/mol. The molecule has 1 aliphatic rings. The molecule has 0 aliphatic carbocycles. The lowest BCUT2D eigenvalue weighted by Gasteiger charge is -2.11. The number of fused-ring (bicyclic) bond motifs is 1. The number of H-pyrrole nitrogens is 1. The van der Waals surface area contributed by atoms with Crippen molar-refractivity contribution in [2.24, 2.45) is 5.16 Å². The van der Waals surface area contributed by atoms with Crippen LogP contribution in [0.2, 0.25) is 0 Å². The number of methoxy groups -OCH3 is 2. The molecule has 22 heavy (non-hydrogen) atoms. The van der Waals surface area contributed by atoms with Crippen molar-refractivity contribution in [3.63, 3.8) is 0 Å². The fraction of sp³-hybridized carbons (Fsp3) is 0.400. The normalized spacial score (nSPS) is 17.2. The molecule has 1 N–H and O–H groups in total. The summed E-state index contributed by atoms with van der Waals surface area (Å²) < 4.78 is 10.5. The molecule has 1 unspecified atom stereocenters. The molecule has 2 heterocycles. The molecular formula is C15H17N3O4. The third-order valence-corrected chi connectivity index (χ3v) is 3.67. The second-order valence-electron chi connectivity index (χ2n) is 4.98. The molecule has 3 rings (SSSR count). The molecule has 0 spiro atoms. The minimum Gasteiger partial charge on any atom is -0.493 e. The number of oxime groups is 1. The molecule has 0 bridgehead atoms. The Balaban J connectivity index is 2.07. The van der Waals surface area contributed by atoms with E-state index < -0.39 is 0 Å². The Hall–Kier alpha value is -2.57. The fourth-order valence-electron chi connectivity index (χ4n) is 2.42. The smallest absolute Gasteiger partial charge is 0.259 e. The standard InChI is InChI=1S/C15H17N3O4/c1-4-8-5-13(22-18-8)14-16-10-7-12(21-3)11(20-2)6-9(10)15(19)17-14/h6-7,13H,4-5H2,1-3H3,(H,16,17,19). The Labute approximate surface area is 126 Å². The van der Waals surface area contributed by atoms with E-state index in [-0.39, 0.29) is 11.7 Å². The third-order valence-electron chi connectivity index (χ3n) is 3.67. The quantitative estimate of drug-likeness (QED) is 0.935. The average Bonchev–Trinajstić information content (AvgIpc) is 3.02. The number of ether oxygens (including phenoxy) is 2. The van der Waals surface area contributed by atoms with Gasteiger partial charge in [0.1, 0.15) is 0 Å². The minimum absolute atomic E-state index is 0.241. The van der Waals surface area contributed by atoms with E-state index in [1.165, 1.54) is 7.11 Å². The predicted molar refractivity (Wildman–Crippen MR) is 81.6 cm³/mol. The Morgan fingerprint density at radius 1 is 1.32 bits per heavy atom. The first kappa shape index (κ1) is 14.4. The molecule has 0 saturated heterocycles. The highest BCUT2D eigenvalue weighted by Crippen LogP contribution is 2.31. The van der Waals surface area contributed by atoms with E-state index in [1.807, 2.05) is 6.92 Å². The first-order chi connectivity index (χ1) is 10.7. The molecule has 0 amide bonds. The SMILES string of the molecule is CCC1=NOC(c2nc3cc(OC)c(OC)cc3c(=O)[nH]2)C1. The van der Waals surface area contributed by atoms with Crippen LogP contribution >= 0.6 is 0 Å². The first-order valence-corrected chi connectivity index (χ1v) is 7.03. The van der Waals surface area contributed by atoms with Crippen LogP contribution in [0.1, 0.15) is 31.7 Å². The summed E-state index contributed by atoms with van der Waals surface area (Å²) >= 11 is 0. The van der Waals surface area contributed by atoms with E-state index in [4.69, 9.17) is 14.3 Å². The maximum Gasteiger partial charge on any atom is 0.259 e. The van der Waals surface area contributed by atoms with Crippen molar-refractivity contribution in [3.05, 3.63) is 28.3 Å². The van der Waals surface area contributed by atoms with Gasteiger partial charge < -0.3 is 19.3 Å². The number of nitrogens with one attached hydrogen (secondary N) is 1. The van der Waals surface area contributed by atoms with E-state index in [0.29, 0.717) is 34.6 Å². The van der Waals surface area contributed by atoms with Crippen LogP contribution in [0.15, 0.2) is 22.1 Å². The molecule has 2 aromatic rings. The molecule has 0 saturated carbocycles. The van der Waals surface area contributed by atoms with E-state index in [0.717, 1.165) is 12.1 Å². The second-order valence-corrected chi connectivity index (χ2v) is 4.98. The van der Waals surface area contributed by atoms with Gasteiger partial charge in [-0.1, -0.05) is 12.1 Å². The summed E-state index contributed by atoms with van der Waals surface area (Å²) in [4.78, 5) is 24.9. The second kappa shape index (κ2) is 5.67. The molecule has 0 fully saturated rings. The van der Waals surface area contributed by atoms with Crippen molar-refractivity contribution >= 4 is 16.6 Å². The lowest BCUT2D eigenvalue weighted by molar-refractivity contribution is 0.0792. The zero-order valence-electron chi connectivity index (χ0n) is 12.7. The number of aromatic nitrogens is 2. The Kier molecular flexibility index (Phi) is 3.70.